The summed E-state index contributed by atoms with van der Waals surface area (Å²) in [4.78, 5) is 39.0. The Hall–Kier alpha value is -2.90. The Labute approximate surface area is 120 Å². The van der Waals surface area contributed by atoms with Crippen molar-refractivity contribution in [3.63, 3.8) is 0 Å². The highest BCUT2D eigenvalue weighted by Gasteiger charge is 2.30. The quantitative estimate of drug-likeness (QED) is 0.447. The summed E-state index contributed by atoms with van der Waals surface area (Å²) in [5.74, 6) is -0.263. The molecule has 0 saturated carbocycles. The first-order valence-electron chi connectivity index (χ1n) is 5.73. The number of hydrogen-bond acceptors (Lipinski definition) is 6. The molecule has 0 N–H and O–H groups in total. The van der Waals surface area contributed by atoms with Gasteiger partial charge >= 0.3 is 18.3 Å². The zero-order valence-electron chi connectivity index (χ0n) is 11.7. The molecule has 8 heteroatoms. The number of benzene rings is 1. The Morgan fingerprint density at radius 3 is 1.86 bits per heavy atom. The summed E-state index contributed by atoms with van der Waals surface area (Å²) in [5, 5.41) is 0. The van der Waals surface area contributed by atoms with Crippen LogP contribution in [0.5, 0.6) is 0 Å². The van der Waals surface area contributed by atoms with Gasteiger partial charge in [0.05, 0.1) is 21.3 Å². The van der Waals surface area contributed by atoms with Gasteiger partial charge in [0.1, 0.15) is 0 Å². The highest BCUT2D eigenvalue weighted by Crippen LogP contribution is 2.10. The minimum Gasteiger partial charge on any atom is -0.452 e. The molecule has 112 valence electrons. The molecule has 21 heavy (non-hydrogen) atoms. The van der Waals surface area contributed by atoms with Crippen molar-refractivity contribution in [2.24, 2.45) is 4.99 Å². The lowest BCUT2D eigenvalue weighted by Gasteiger charge is -2.19. The van der Waals surface area contributed by atoms with E-state index in [9.17, 15) is 14.4 Å². The molecule has 0 aliphatic carbocycles. The number of carbonyl (C=O) groups is 3. The normalized spacial score (nSPS) is 10.5. The van der Waals surface area contributed by atoms with Crippen LogP contribution in [0.1, 0.15) is 5.56 Å². The van der Waals surface area contributed by atoms with Crippen LogP contribution in [0.4, 0.5) is 14.4 Å². The molecule has 0 bridgehead atoms. The molecule has 8 nitrogen and oxygen atoms in total. The second-order valence-electron chi connectivity index (χ2n) is 3.55. The molecule has 0 radical (unpaired) electrons. The van der Waals surface area contributed by atoms with E-state index in [1.807, 2.05) is 0 Å². The van der Waals surface area contributed by atoms with Gasteiger partial charge in [-0.3, -0.25) is 0 Å². The summed E-state index contributed by atoms with van der Waals surface area (Å²) in [7, 11) is 3.28. The van der Waals surface area contributed by atoms with E-state index >= 15 is 0 Å². The third kappa shape index (κ3) is 4.03. The predicted octanol–water partition coefficient (Wildman–Crippen LogP) is 2.03. The third-order valence-corrected chi connectivity index (χ3v) is 2.33. The van der Waals surface area contributed by atoms with Crippen LogP contribution in [-0.4, -0.2) is 50.3 Å². The van der Waals surface area contributed by atoms with Crippen LogP contribution in [0.3, 0.4) is 0 Å². The largest absolute Gasteiger partial charge is 0.452 e. The zero-order valence-corrected chi connectivity index (χ0v) is 11.7. The van der Waals surface area contributed by atoms with Gasteiger partial charge < -0.3 is 14.2 Å². The average molecular weight is 294 g/mol. The van der Waals surface area contributed by atoms with E-state index < -0.39 is 18.3 Å². The van der Waals surface area contributed by atoms with Gasteiger partial charge in [-0.25, -0.2) is 14.4 Å². The second-order valence-corrected chi connectivity index (χ2v) is 3.55. The highest BCUT2D eigenvalue weighted by atomic mass is 16.6. The van der Waals surface area contributed by atoms with Gasteiger partial charge in [0, 0.05) is 5.56 Å². The fourth-order valence-electron chi connectivity index (χ4n) is 1.39. The lowest BCUT2D eigenvalue weighted by Crippen LogP contribution is -2.42. The second kappa shape index (κ2) is 7.63. The number of nitrogens with zero attached hydrogens (tertiary/aromatic N) is 2. The number of amides is 3. The van der Waals surface area contributed by atoms with Crippen molar-refractivity contribution in [2.45, 2.75) is 0 Å². The van der Waals surface area contributed by atoms with Gasteiger partial charge in [-0.1, -0.05) is 30.3 Å². The van der Waals surface area contributed by atoms with Crippen molar-refractivity contribution in [2.75, 3.05) is 21.3 Å². The first-order valence-corrected chi connectivity index (χ1v) is 5.73. The maximum Gasteiger partial charge on any atom is 0.435 e. The molecule has 0 aliphatic rings. The van der Waals surface area contributed by atoms with Crippen LogP contribution >= 0.6 is 0 Å². The molecule has 1 aromatic carbocycles. The van der Waals surface area contributed by atoms with E-state index in [0.717, 1.165) is 21.3 Å². The molecular formula is C13H14N2O6. The Morgan fingerprint density at radius 2 is 1.43 bits per heavy atom. The van der Waals surface area contributed by atoms with Crippen LogP contribution in [0.25, 0.3) is 0 Å². The van der Waals surface area contributed by atoms with Gasteiger partial charge in [0.15, 0.2) is 5.84 Å². The molecule has 0 spiro atoms. The standard InChI is InChI=1S/C13H14N2O6/c1-19-11(16)14-10(9-7-5-4-6-8-9)15(12(17)20-2)13(18)21-3/h4-8H,1-3H3. The van der Waals surface area contributed by atoms with E-state index in [0.29, 0.717) is 10.5 Å². The minimum atomic E-state index is -1.05. The monoisotopic (exact) mass is 294 g/mol. The summed E-state index contributed by atoms with van der Waals surface area (Å²) in [6.45, 7) is 0. The van der Waals surface area contributed by atoms with Crippen LogP contribution in [0.2, 0.25) is 0 Å². The van der Waals surface area contributed by atoms with E-state index in [1.165, 1.54) is 0 Å². The molecule has 0 saturated heterocycles. The maximum absolute atomic E-state index is 11.8. The van der Waals surface area contributed by atoms with Crippen LogP contribution in [-0.2, 0) is 14.2 Å². The van der Waals surface area contributed by atoms with Gasteiger partial charge in [-0.05, 0) is 0 Å². The Balaban J connectivity index is 3.39. The van der Waals surface area contributed by atoms with Crippen molar-refractivity contribution in [3.8, 4) is 0 Å². The topological polar surface area (TPSA) is 94.5 Å². The lowest BCUT2D eigenvalue weighted by atomic mass is 10.2. The number of hydrogen-bond donors (Lipinski definition) is 0. The summed E-state index contributed by atoms with van der Waals surface area (Å²) in [5.41, 5.74) is 0.332. The number of carbonyl (C=O) groups excluding carboxylic acids is 3. The third-order valence-electron chi connectivity index (χ3n) is 2.33. The summed E-state index contributed by atoms with van der Waals surface area (Å²) >= 11 is 0. The van der Waals surface area contributed by atoms with Crippen LogP contribution in [0, 0.1) is 0 Å². The van der Waals surface area contributed by atoms with Gasteiger partial charge in [0.2, 0.25) is 0 Å². The van der Waals surface area contributed by atoms with Gasteiger partial charge in [-0.2, -0.15) is 9.89 Å². The summed E-state index contributed by atoms with van der Waals surface area (Å²) in [6, 6.07) is 8.13. The molecule has 0 fully saturated rings. The Morgan fingerprint density at radius 1 is 0.905 bits per heavy atom. The Kier molecular flexibility index (Phi) is 5.87. The van der Waals surface area contributed by atoms with Gasteiger partial charge in [0.25, 0.3) is 0 Å². The number of methoxy groups -OCH3 is 3. The van der Waals surface area contributed by atoms with Crippen LogP contribution in [0.15, 0.2) is 35.3 Å². The van der Waals surface area contributed by atoms with Crippen molar-refractivity contribution in [1.29, 1.82) is 0 Å². The average Bonchev–Trinajstić information content (AvgIpc) is 2.54. The highest BCUT2D eigenvalue weighted by molar-refractivity contribution is 6.17. The minimum absolute atomic E-state index is 0.263. The summed E-state index contributed by atoms with van der Waals surface area (Å²) < 4.78 is 13.4. The Bertz CT molecular complexity index is 539. The van der Waals surface area contributed by atoms with Crippen molar-refractivity contribution >= 4 is 24.1 Å². The van der Waals surface area contributed by atoms with E-state index in [4.69, 9.17) is 0 Å². The molecule has 1 aromatic rings. The van der Waals surface area contributed by atoms with Crippen molar-refractivity contribution < 1.29 is 28.6 Å². The number of rotatable bonds is 1. The smallest absolute Gasteiger partial charge is 0.435 e. The fraction of sp³-hybridized carbons (Fsp3) is 0.231. The molecule has 0 aromatic heterocycles. The van der Waals surface area contributed by atoms with E-state index in [2.05, 4.69) is 19.2 Å². The maximum atomic E-state index is 11.8. The van der Waals surface area contributed by atoms with Crippen molar-refractivity contribution in [1.82, 2.24) is 4.90 Å². The molecule has 0 heterocycles. The summed E-state index contributed by atoms with van der Waals surface area (Å²) in [6.07, 6.45) is -3.08. The number of imide groups is 1. The molecule has 1 rings (SSSR count). The molecule has 0 unspecified atom stereocenters. The SMILES string of the molecule is COC(=O)N=C(c1ccccc1)N(C(=O)OC)C(=O)OC. The fourth-order valence-corrected chi connectivity index (χ4v) is 1.39. The first kappa shape index (κ1) is 16.2. The zero-order chi connectivity index (χ0) is 15.8. The van der Waals surface area contributed by atoms with E-state index in [-0.39, 0.29) is 5.84 Å². The van der Waals surface area contributed by atoms with E-state index in [1.54, 1.807) is 30.3 Å². The molecule has 0 aliphatic heterocycles. The molecule has 0 atom stereocenters. The van der Waals surface area contributed by atoms with Crippen LogP contribution < -0.4 is 0 Å². The van der Waals surface area contributed by atoms with Crippen molar-refractivity contribution in [3.05, 3.63) is 35.9 Å². The van der Waals surface area contributed by atoms with Gasteiger partial charge in [-0.15, -0.1) is 0 Å². The lowest BCUT2D eigenvalue weighted by molar-refractivity contribution is 0.120. The molecular weight excluding hydrogens is 280 g/mol. The predicted molar refractivity (Wildman–Crippen MR) is 72.0 cm³/mol. The number of amidine groups is 1. The first-order chi connectivity index (χ1) is 10.0. The number of ether oxygens (including phenoxy) is 3. The number of aliphatic imine (C=N–C) groups is 1. The molecule has 3 amide bonds.